The van der Waals surface area contributed by atoms with Gasteiger partial charge in [0.25, 0.3) is 5.91 Å². The maximum Gasteiger partial charge on any atom is 0.296 e. The van der Waals surface area contributed by atoms with E-state index in [2.05, 4.69) is 4.99 Å². The molecule has 2 aromatic rings. The standard InChI is InChI=1S/C15H14Cl2N4O2/c16-9-5-7-11(22)3-1-2-4-21-10(14(23)20-15(18)19)6-8(12(9)17)13(7)21/h5-6H,1-4H2,(H4,18,19,20,23). The Morgan fingerprint density at radius 1 is 1.22 bits per heavy atom. The molecule has 120 valence electrons. The highest BCUT2D eigenvalue weighted by Gasteiger charge is 2.25. The molecule has 3 rings (SSSR count). The molecule has 0 saturated heterocycles. The molecule has 8 heteroatoms. The third-order valence-electron chi connectivity index (χ3n) is 3.85. The van der Waals surface area contributed by atoms with Gasteiger partial charge in [0.15, 0.2) is 11.7 Å². The second-order valence-electron chi connectivity index (χ2n) is 5.39. The number of amides is 1. The van der Waals surface area contributed by atoms with Gasteiger partial charge in [0.2, 0.25) is 0 Å². The number of aliphatic imine (C=N–C) groups is 1. The number of carbonyl (C=O) groups is 2. The Morgan fingerprint density at radius 2 is 1.96 bits per heavy atom. The molecule has 0 atom stereocenters. The van der Waals surface area contributed by atoms with Crippen molar-refractivity contribution in [1.82, 2.24) is 4.57 Å². The summed E-state index contributed by atoms with van der Waals surface area (Å²) in [6.07, 6.45) is 1.93. The van der Waals surface area contributed by atoms with Crippen molar-refractivity contribution in [3.63, 3.8) is 0 Å². The lowest BCUT2D eigenvalue weighted by Crippen LogP contribution is -2.25. The molecule has 0 unspecified atom stereocenters. The summed E-state index contributed by atoms with van der Waals surface area (Å²) in [5.74, 6) is -0.917. The van der Waals surface area contributed by atoms with Crippen molar-refractivity contribution in [2.45, 2.75) is 25.8 Å². The van der Waals surface area contributed by atoms with Crippen LogP contribution < -0.4 is 11.5 Å². The SMILES string of the molecule is NC(N)=NC(=O)c1cc2c(Cl)c(Cl)cc3c2n1CCCCC3=O. The lowest BCUT2D eigenvalue weighted by Gasteiger charge is -2.15. The van der Waals surface area contributed by atoms with Crippen LogP contribution in [0.2, 0.25) is 10.0 Å². The number of hydrogen-bond donors (Lipinski definition) is 2. The summed E-state index contributed by atoms with van der Waals surface area (Å²) in [5.41, 5.74) is 11.9. The zero-order chi connectivity index (χ0) is 16.7. The highest BCUT2D eigenvalue weighted by molar-refractivity contribution is 6.46. The molecule has 23 heavy (non-hydrogen) atoms. The van der Waals surface area contributed by atoms with E-state index in [1.807, 2.05) is 0 Å². The van der Waals surface area contributed by atoms with Crippen LogP contribution in [0.25, 0.3) is 10.9 Å². The van der Waals surface area contributed by atoms with Gasteiger partial charge in [-0.05, 0) is 25.0 Å². The molecular weight excluding hydrogens is 339 g/mol. The monoisotopic (exact) mass is 352 g/mol. The number of aromatic nitrogens is 1. The van der Waals surface area contributed by atoms with Crippen LogP contribution in [0.1, 0.15) is 40.1 Å². The summed E-state index contributed by atoms with van der Waals surface area (Å²) in [6.45, 7) is 0.572. The molecule has 0 spiro atoms. The molecule has 0 fully saturated rings. The third-order valence-corrected chi connectivity index (χ3v) is 4.66. The topological polar surface area (TPSA) is 103 Å². The maximum atomic E-state index is 12.4. The van der Waals surface area contributed by atoms with E-state index in [0.29, 0.717) is 34.5 Å². The lowest BCUT2D eigenvalue weighted by molar-refractivity contribution is 0.0969. The fourth-order valence-corrected chi connectivity index (χ4v) is 3.29. The van der Waals surface area contributed by atoms with Crippen LogP contribution in [0, 0.1) is 0 Å². The van der Waals surface area contributed by atoms with Gasteiger partial charge >= 0.3 is 0 Å². The van der Waals surface area contributed by atoms with Crippen molar-refractivity contribution < 1.29 is 9.59 Å². The number of nitrogens with zero attached hydrogens (tertiary/aromatic N) is 2. The number of Topliss-reactive ketones (excluding diaryl/α,β-unsaturated/α-hetero) is 1. The maximum absolute atomic E-state index is 12.4. The number of guanidine groups is 1. The summed E-state index contributed by atoms with van der Waals surface area (Å²) < 4.78 is 1.75. The van der Waals surface area contributed by atoms with Crippen LogP contribution in [0.3, 0.4) is 0 Å². The molecule has 4 N–H and O–H groups in total. The van der Waals surface area contributed by atoms with Crippen LogP contribution in [0.5, 0.6) is 0 Å². The van der Waals surface area contributed by atoms with Gasteiger partial charge in [-0.15, -0.1) is 0 Å². The van der Waals surface area contributed by atoms with Gasteiger partial charge in [0.1, 0.15) is 5.69 Å². The van der Waals surface area contributed by atoms with Gasteiger partial charge in [-0.1, -0.05) is 23.2 Å². The van der Waals surface area contributed by atoms with E-state index in [9.17, 15) is 9.59 Å². The fourth-order valence-electron chi connectivity index (χ4n) is 2.88. The molecule has 2 heterocycles. The Labute approximate surface area is 142 Å². The summed E-state index contributed by atoms with van der Waals surface area (Å²) in [7, 11) is 0. The highest BCUT2D eigenvalue weighted by atomic mass is 35.5. The van der Waals surface area contributed by atoms with Gasteiger partial charge in [-0.2, -0.15) is 4.99 Å². The highest BCUT2D eigenvalue weighted by Crippen LogP contribution is 2.37. The van der Waals surface area contributed by atoms with Gasteiger partial charge in [-0.25, -0.2) is 0 Å². The number of carbonyl (C=O) groups excluding carboxylic acids is 2. The number of halogens is 2. The molecular formula is C15H14Cl2N4O2. The molecule has 1 aromatic carbocycles. The molecule has 0 aliphatic carbocycles. The van der Waals surface area contributed by atoms with E-state index < -0.39 is 5.91 Å². The Bertz CT molecular complexity index is 866. The number of nitrogens with two attached hydrogens (primary N) is 2. The molecule has 1 amide bonds. The van der Waals surface area contributed by atoms with Crippen LogP contribution in [-0.2, 0) is 6.54 Å². The largest absolute Gasteiger partial charge is 0.370 e. The molecule has 6 nitrogen and oxygen atoms in total. The number of benzene rings is 1. The van der Waals surface area contributed by atoms with Gasteiger partial charge in [-0.3, -0.25) is 9.59 Å². The summed E-state index contributed by atoms with van der Waals surface area (Å²) in [6, 6.07) is 3.14. The Balaban J connectivity index is 2.37. The van der Waals surface area contributed by atoms with E-state index in [0.717, 1.165) is 12.8 Å². The minimum absolute atomic E-state index is 0.0199. The second kappa shape index (κ2) is 5.86. The average Bonchev–Trinajstić information content (AvgIpc) is 2.84. The van der Waals surface area contributed by atoms with E-state index in [-0.39, 0.29) is 22.5 Å². The first-order valence-electron chi connectivity index (χ1n) is 7.08. The fraction of sp³-hybridized carbons (Fsp3) is 0.267. The second-order valence-corrected chi connectivity index (χ2v) is 6.17. The number of rotatable bonds is 1. The van der Waals surface area contributed by atoms with Gasteiger partial charge in [0.05, 0.1) is 15.6 Å². The smallest absolute Gasteiger partial charge is 0.296 e. The number of ketones is 1. The predicted octanol–water partition coefficient (Wildman–Crippen LogP) is 2.73. The molecule has 1 aliphatic heterocycles. The summed E-state index contributed by atoms with van der Waals surface area (Å²) in [5, 5.41) is 1.14. The van der Waals surface area contributed by atoms with Crippen molar-refractivity contribution in [3.05, 3.63) is 33.4 Å². The van der Waals surface area contributed by atoms with Crippen molar-refractivity contribution in [3.8, 4) is 0 Å². The van der Waals surface area contributed by atoms with E-state index in [1.165, 1.54) is 0 Å². The lowest BCUT2D eigenvalue weighted by atomic mass is 10.0. The summed E-state index contributed by atoms with van der Waals surface area (Å²) >= 11 is 12.4. The molecule has 0 radical (unpaired) electrons. The van der Waals surface area contributed by atoms with Crippen molar-refractivity contribution in [2.75, 3.05) is 0 Å². The van der Waals surface area contributed by atoms with Gasteiger partial charge < -0.3 is 16.0 Å². The van der Waals surface area contributed by atoms with Crippen molar-refractivity contribution >= 4 is 51.8 Å². The Morgan fingerprint density at radius 3 is 2.65 bits per heavy atom. The minimum atomic E-state index is -0.577. The first kappa shape index (κ1) is 15.8. The molecule has 1 aliphatic rings. The van der Waals surface area contributed by atoms with Crippen molar-refractivity contribution in [2.24, 2.45) is 16.5 Å². The molecule has 0 saturated carbocycles. The zero-order valence-corrected chi connectivity index (χ0v) is 13.6. The van der Waals surface area contributed by atoms with Crippen LogP contribution in [0.15, 0.2) is 17.1 Å². The number of aryl methyl sites for hydroxylation is 1. The Hall–Kier alpha value is -2.05. The third kappa shape index (κ3) is 2.68. The minimum Gasteiger partial charge on any atom is -0.370 e. The zero-order valence-electron chi connectivity index (χ0n) is 12.1. The van der Waals surface area contributed by atoms with E-state index in [4.69, 9.17) is 34.7 Å². The first-order valence-corrected chi connectivity index (χ1v) is 7.84. The van der Waals surface area contributed by atoms with Crippen LogP contribution >= 0.6 is 23.2 Å². The molecule has 1 aromatic heterocycles. The molecule has 0 bridgehead atoms. The average molecular weight is 353 g/mol. The number of hydrogen-bond acceptors (Lipinski definition) is 2. The normalized spacial score (nSPS) is 14.4. The Kier molecular flexibility index (Phi) is 4.04. The van der Waals surface area contributed by atoms with Gasteiger partial charge in [0, 0.05) is 23.9 Å². The quantitative estimate of drug-likeness (QED) is 0.608. The van der Waals surface area contributed by atoms with E-state index in [1.54, 1.807) is 16.7 Å². The van der Waals surface area contributed by atoms with E-state index >= 15 is 0 Å². The van der Waals surface area contributed by atoms with Crippen LogP contribution in [0.4, 0.5) is 0 Å². The first-order chi connectivity index (χ1) is 10.9. The van der Waals surface area contributed by atoms with Crippen molar-refractivity contribution in [1.29, 1.82) is 0 Å². The summed E-state index contributed by atoms with van der Waals surface area (Å²) in [4.78, 5) is 28.3. The predicted molar refractivity (Wildman–Crippen MR) is 90.3 cm³/mol. The van der Waals surface area contributed by atoms with Crippen LogP contribution in [-0.4, -0.2) is 22.2 Å².